The zero-order chi connectivity index (χ0) is 22.5. The van der Waals surface area contributed by atoms with Crippen LogP contribution in [0.1, 0.15) is 37.8 Å². The van der Waals surface area contributed by atoms with E-state index in [-0.39, 0.29) is 17.4 Å². The predicted molar refractivity (Wildman–Crippen MR) is 129 cm³/mol. The maximum atomic E-state index is 12.9. The largest absolute Gasteiger partial charge is 0.354 e. The van der Waals surface area contributed by atoms with Crippen LogP contribution in [0.4, 0.5) is 11.5 Å². The second-order valence-electron chi connectivity index (χ2n) is 8.29. The molecule has 1 fully saturated rings. The number of aromatic nitrogens is 2. The van der Waals surface area contributed by atoms with Crippen molar-refractivity contribution < 1.29 is 4.79 Å². The van der Waals surface area contributed by atoms with Crippen LogP contribution in [0, 0.1) is 5.92 Å². The molecule has 0 bridgehead atoms. The van der Waals surface area contributed by atoms with Gasteiger partial charge in [0.05, 0.1) is 11.6 Å². The minimum absolute atomic E-state index is 0.0300. The zero-order valence-electron chi connectivity index (χ0n) is 18.8. The van der Waals surface area contributed by atoms with Crippen LogP contribution in [0.2, 0.25) is 0 Å². The number of anilines is 2. The molecule has 0 unspecified atom stereocenters. The first-order valence-corrected chi connectivity index (χ1v) is 11.4. The number of amides is 1. The van der Waals surface area contributed by atoms with Crippen LogP contribution in [-0.2, 0) is 17.6 Å². The topological polar surface area (TPSA) is 67.2 Å². The van der Waals surface area contributed by atoms with Gasteiger partial charge in [0.1, 0.15) is 5.82 Å². The lowest BCUT2D eigenvalue weighted by atomic mass is 9.97. The number of aryl methyl sites for hydroxylation is 2. The first kappa shape index (κ1) is 21.8. The van der Waals surface area contributed by atoms with E-state index < -0.39 is 0 Å². The lowest BCUT2D eigenvalue weighted by Gasteiger charge is -2.33. The van der Waals surface area contributed by atoms with Gasteiger partial charge in [0.15, 0.2) is 0 Å². The standard InChI is InChI=1S/C26H30N4O2/c1-3-19-7-11-22(12-8-19)27-26(32)21-6-5-17-29(18-21)24-15-16-25(31)30(28-24)23-13-9-20(4-2)10-14-23/h7-16,21H,3-6,17-18H2,1-2H3,(H,27,32)/t21-/m1/s1. The molecule has 1 aliphatic heterocycles. The first-order chi connectivity index (χ1) is 15.6. The average molecular weight is 431 g/mol. The molecular formula is C26H30N4O2. The maximum absolute atomic E-state index is 12.9. The van der Waals surface area contributed by atoms with Crippen LogP contribution in [0.3, 0.4) is 0 Å². The summed E-state index contributed by atoms with van der Waals surface area (Å²) in [5.41, 5.74) is 3.87. The Balaban J connectivity index is 1.48. The molecule has 0 spiro atoms. The second-order valence-corrected chi connectivity index (χ2v) is 8.29. The number of nitrogens with zero attached hydrogens (tertiary/aromatic N) is 3. The van der Waals surface area contributed by atoms with Gasteiger partial charge < -0.3 is 10.2 Å². The molecule has 1 aromatic heterocycles. The molecule has 1 atom stereocenters. The number of benzene rings is 2. The molecule has 0 aliphatic carbocycles. The Morgan fingerprint density at radius 3 is 2.28 bits per heavy atom. The smallest absolute Gasteiger partial charge is 0.271 e. The van der Waals surface area contributed by atoms with E-state index in [1.807, 2.05) is 48.5 Å². The third-order valence-corrected chi connectivity index (χ3v) is 6.12. The van der Waals surface area contributed by atoms with Crippen molar-refractivity contribution in [3.63, 3.8) is 0 Å². The molecule has 166 valence electrons. The molecule has 1 N–H and O–H groups in total. The molecule has 4 rings (SSSR count). The van der Waals surface area contributed by atoms with Crippen LogP contribution >= 0.6 is 0 Å². The predicted octanol–water partition coefficient (Wildman–Crippen LogP) is 4.21. The van der Waals surface area contributed by atoms with Gasteiger partial charge in [-0.1, -0.05) is 38.1 Å². The molecule has 32 heavy (non-hydrogen) atoms. The maximum Gasteiger partial charge on any atom is 0.271 e. The minimum Gasteiger partial charge on any atom is -0.354 e. The van der Waals surface area contributed by atoms with Gasteiger partial charge in [-0.15, -0.1) is 5.10 Å². The van der Waals surface area contributed by atoms with Gasteiger partial charge in [-0.05, 0) is 67.1 Å². The van der Waals surface area contributed by atoms with E-state index in [2.05, 4.69) is 29.2 Å². The average Bonchev–Trinajstić information content (AvgIpc) is 2.85. The molecule has 0 saturated carbocycles. The number of hydrogen-bond donors (Lipinski definition) is 1. The normalized spacial score (nSPS) is 16.1. The quantitative estimate of drug-likeness (QED) is 0.636. The van der Waals surface area contributed by atoms with Crippen LogP contribution < -0.4 is 15.8 Å². The zero-order valence-corrected chi connectivity index (χ0v) is 18.8. The van der Waals surface area contributed by atoms with Crippen molar-refractivity contribution in [3.8, 4) is 5.69 Å². The van der Waals surface area contributed by atoms with Crippen molar-refractivity contribution in [1.29, 1.82) is 0 Å². The number of carbonyl (C=O) groups is 1. The van der Waals surface area contributed by atoms with E-state index in [0.717, 1.165) is 43.6 Å². The number of carbonyl (C=O) groups excluding carboxylic acids is 1. The summed E-state index contributed by atoms with van der Waals surface area (Å²) in [5, 5.41) is 7.67. The molecule has 6 heteroatoms. The summed E-state index contributed by atoms with van der Waals surface area (Å²) in [4.78, 5) is 27.4. The molecule has 6 nitrogen and oxygen atoms in total. The van der Waals surface area contributed by atoms with E-state index in [9.17, 15) is 9.59 Å². The van der Waals surface area contributed by atoms with E-state index >= 15 is 0 Å². The van der Waals surface area contributed by atoms with Crippen molar-refractivity contribution in [1.82, 2.24) is 9.78 Å². The summed E-state index contributed by atoms with van der Waals surface area (Å²) in [6.45, 7) is 5.61. The highest BCUT2D eigenvalue weighted by Crippen LogP contribution is 2.23. The first-order valence-electron chi connectivity index (χ1n) is 11.4. The van der Waals surface area contributed by atoms with E-state index in [4.69, 9.17) is 0 Å². The Morgan fingerprint density at radius 1 is 0.969 bits per heavy atom. The van der Waals surface area contributed by atoms with Gasteiger partial charge in [0.25, 0.3) is 5.56 Å². The summed E-state index contributed by atoms with van der Waals surface area (Å²) >= 11 is 0. The van der Waals surface area contributed by atoms with Crippen molar-refractivity contribution in [2.75, 3.05) is 23.3 Å². The van der Waals surface area contributed by atoms with E-state index in [1.54, 1.807) is 12.1 Å². The van der Waals surface area contributed by atoms with E-state index in [1.165, 1.54) is 15.8 Å². The molecule has 3 aromatic rings. The molecule has 0 radical (unpaired) electrons. The fraction of sp³-hybridized carbons (Fsp3) is 0.346. The van der Waals surface area contributed by atoms with Crippen molar-refractivity contribution in [3.05, 3.63) is 82.1 Å². The molecule has 1 saturated heterocycles. The fourth-order valence-corrected chi connectivity index (χ4v) is 4.10. The monoisotopic (exact) mass is 430 g/mol. The lowest BCUT2D eigenvalue weighted by molar-refractivity contribution is -0.120. The van der Waals surface area contributed by atoms with Gasteiger partial charge in [0.2, 0.25) is 5.91 Å². The van der Waals surface area contributed by atoms with Gasteiger partial charge in [-0.3, -0.25) is 9.59 Å². The molecule has 2 aromatic carbocycles. The molecular weight excluding hydrogens is 400 g/mol. The third kappa shape index (κ3) is 4.90. The van der Waals surface area contributed by atoms with Crippen LogP contribution in [0.5, 0.6) is 0 Å². The second kappa shape index (κ2) is 9.81. The summed E-state index contributed by atoms with van der Waals surface area (Å²) < 4.78 is 1.44. The number of rotatable bonds is 6. The Bertz CT molecular complexity index is 1120. The Hall–Kier alpha value is -3.41. The SMILES string of the molecule is CCc1ccc(NC(=O)[C@@H]2CCCN(c3ccc(=O)n(-c4ccc(CC)cc4)n3)C2)cc1. The summed E-state index contributed by atoms with van der Waals surface area (Å²) in [6, 6.07) is 19.2. The van der Waals surface area contributed by atoms with Gasteiger partial charge >= 0.3 is 0 Å². The Kier molecular flexibility index (Phi) is 6.69. The van der Waals surface area contributed by atoms with Gasteiger partial charge in [-0.25, -0.2) is 0 Å². The summed E-state index contributed by atoms with van der Waals surface area (Å²) in [5.74, 6) is 0.622. The van der Waals surface area contributed by atoms with Gasteiger partial charge in [0, 0.05) is 24.8 Å². The minimum atomic E-state index is -0.167. The van der Waals surface area contributed by atoms with Crippen LogP contribution in [0.25, 0.3) is 5.69 Å². The number of hydrogen-bond acceptors (Lipinski definition) is 4. The third-order valence-electron chi connectivity index (χ3n) is 6.12. The number of nitrogens with one attached hydrogen (secondary N) is 1. The lowest BCUT2D eigenvalue weighted by Crippen LogP contribution is -2.41. The summed E-state index contributed by atoms with van der Waals surface area (Å²) in [6.07, 6.45) is 3.67. The van der Waals surface area contributed by atoms with Crippen molar-refractivity contribution >= 4 is 17.4 Å². The fourth-order valence-electron chi connectivity index (χ4n) is 4.10. The Labute approximate surface area is 188 Å². The molecule has 2 heterocycles. The number of piperidine rings is 1. The Morgan fingerprint density at radius 2 is 1.62 bits per heavy atom. The molecule has 1 amide bonds. The highest BCUT2D eigenvalue weighted by molar-refractivity contribution is 5.93. The van der Waals surface area contributed by atoms with Crippen molar-refractivity contribution in [2.24, 2.45) is 5.92 Å². The van der Waals surface area contributed by atoms with E-state index in [0.29, 0.717) is 12.4 Å². The highest BCUT2D eigenvalue weighted by atomic mass is 16.2. The van der Waals surface area contributed by atoms with Gasteiger partial charge in [-0.2, -0.15) is 4.68 Å². The van der Waals surface area contributed by atoms with Crippen molar-refractivity contribution in [2.45, 2.75) is 39.5 Å². The van der Waals surface area contributed by atoms with Crippen LogP contribution in [0.15, 0.2) is 65.5 Å². The summed E-state index contributed by atoms with van der Waals surface area (Å²) in [7, 11) is 0. The highest BCUT2D eigenvalue weighted by Gasteiger charge is 2.27. The molecule has 1 aliphatic rings. The van der Waals surface area contributed by atoms with Crippen LogP contribution in [-0.4, -0.2) is 28.8 Å².